The second kappa shape index (κ2) is 8.81. The van der Waals surface area contributed by atoms with E-state index in [1.807, 2.05) is 6.92 Å². The Labute approximate surface area is 192 Å². The molecule has 0 radical (unpaired) electrons. The maximum atomic E-state index is 13.6. The van der Waals surface area contributed by atoms with Crippen LogP contribution in [0.5, 0.6) is 0 Å². The summed E-state index contributed by atoms with van der Waals surface area (Å²) in [5.74, 6) is 2.91. The summed E-state index contributed by atoms with van der Waals surface area (Å²) in [7, 11) is 0. The van der Waals surface area contributed by atoms with Gasteiger partial charge in [0.05, 0.1) is 18.0 Å². The fourth-order valence-electron chi connectivity index (χ4n) is 7.43. The molecule has 0 spiro atoms. The standard InChI is InChI=1S/C27H39N3O2/c1-3-20-4-6-24(7-5-20)19(2)28-25(31)18-29-8-10-30(11-9-29)26(32)27-15-21-12-22(16-27)14-23(13-21)17-27/h4-7,19,21-23H,3,8-18H2,1-2H3,(H,28,31). The third kappa shape index (κ3) is 4.33. The highest BCUT2D eigenvalue weighted by Gasteiger charge is 2.55. The van der Waals surface area contributed by atoms with Crippen molar-refractivity contribution in [1.29, 1.82) is 0 Å². The number of rotatable bonds is 6. The second-order valence-corrected chi connectivity index (χ2v) is 11.2. The number of hydrogen-bond acceptors (Lipinski definition) is 3. The van der Waals surface area contributed by atoms with Gasteiger partial charge in [-0.05, 0) is 80.8 Å². The monoisotopic (exact) mass is 437 g/mol. The molecule has 0 aromatic heterocycles. The SMILES string of the molecule is CCc1ccc(C(C)NC(=O)CN2CCN(C(=O)C34CC5CC(CC(C5)C3)C4)CC2)cc1. The fourth-order valence-corrected chi connectivity index (χ4v) is 7.43. The van der Waals surface area contributed by atoms with Crippen LogP contribution in [-0.2, 0) is 16.0 Å². The molecule has 1 aromatic rings. The molecular formula is C27H39N3O2. The number of carbonyl (C=O) groups is 2. The lowest BCUT2D eigenvalue weighted by molar-refractivity contribution is -0.159. The fraction of sp³-hybridized carbons (Fsp3) is 0.704. The summed E-state index contributed by atoms with van der Waals surface area (Å²) in [6.07, 6.45) is 8.55. The molecule has 1 N–H and O–H groups in total. The van der Waals surface area contributed by atoms with Crippen molar-refractivity contribution in [2.24, 2.45) is 23.2 Å². The second-order valence-electron chi connectivity index (χ2n) is 11.2. The van der Waals surface area contributed by atoms with Crippen LogP contribution in [0.2, 0.25) is 0 Å². The van der Waals surface area contributed by atoms with Crippen LogP contribution in [0.1, 0.15) is 69.5 Å². The number of amides is 2. The van der Waals surface area contributed by atoms with Gasteiger partial charge in [0.15, 0.2) is 0 Å². The predicted molar refractivity (Wildman–Crippen MR) is 126 cm³/mol. The summed E-state index contributed by atoms with van der Waals surface area (Å²) in [5.41, 5.74) is 2.41. The zero-order valence-corrected chi connectivity index (χ0v) is 19.8. The molecule has 5 nitrogen and oxygen atoms in total. The minimum Gasteiger partial charge on any atom is -0.348 e. The quantitative estimate of drug-likeness (QED) is 0.737. The van der Waals surface area contributed by atoms with Crippen molar-refractivity contribution >= 4 is 11.8 Å². The Morgan fingerprint density at radius 1 is 0.969 bits per heavy atom. The molecule has 1 aliphatic heterocycles. The topological polar surface area (TPSA) is 52.7 Å². The van der Waals surface area contributed by atoms with Crippen LogP contribution < -0.4 is 5.32 Å². The number of benzene rings is 1. The van der Waals surface area contributed by atoms with Crippen LogP contribution in [0, 0.1) is 23.2 Å². The summed E-state index contributed by atoms with van der Waals surface area (Å²) in [5, 5.41) is 3.14. The Morgan fingerprint density at radius 2 is 1.53 bits per heavy atom. The van der Waals surface area contributed by atoms with Crippen LogP contribution in [0.25, 0.3) is 0 Å². The molecule has 5 aliphatic rings. The molecule has 1 heterocycles. The predicted octanol–water partition coefficient (Wildman–Crippen LogP) is 3.79. The van der Waals surface area contributed by atoms with Gasteiger partial charge < -0.3 is 10.2 Å². The number of piperazine rings is 1. The van der Waals surface area contributed by atoms with Crippen LogP contribution in [0.15, 0.2) is 24.3 Å². The Balaban J connectivity index is 1.10. The zero-order valence-electron chi connectivity index (χ0n) is 19.8. The van der Waals surface area contributed by atoms with Crippen LogP contribution in [0.4, 0.5) is 0 Å². The Kier molecular flexibility index (Phi) is 6.04. The van der Waals surface area contributed by atoms with E-state index in [0.29, 0.717) is 12.5 Å². The molecule has 1 atom stereocenters. The summed E-state index contributed by atoms with van der Waals surface area (Å²) < 4.78 is 0. The van der Waals surface area contributed by atoms with Gasteiger partial charge in [0.25, 0.3) is 0 Å². The molecule has 1 saturated heterocycles. The average Bonchev–Trinajstić information content (AvgIpc) is 2.78. The highest BCUT2D eigenvalue weighted by Crippen LogP contribution is 2.60. The Hall–Kier alpha value is -1.88. The molecule has 5 heteroatoms. The first-order valence-corrected chi connectivity index (χ1v) is 12.8. The van der Waals surface area contributed by atoms with Gasteiger partial charge in [-0.1, -0.05) is 31.2 Å². The normalized spacial score (nSPS) is 32.7. The van der Waals surface area contributed by atoms with Gasteiger partial charge in [0.1, 0.15) is 0 Å². The Bertz CT molecular complexity index is 806. The van der Waals surface area contributed by atoms with Crippen LogP contribution in [-0.4, -0.2) is 54.3 Å². The minimum atomic E-state index is -0.0446. The van der Waals surface area contributed by atoms with Gasteiger partial charge in [-0.2, -0.15) is 0 Å². The number of hydrogen-bond donors (Lipinski definition) is 1. The van der Waals surface area contributed by atoms with E-state index in [1.54, 1.807) is 0 Å². The van der Waals surface area contributed by atoms with E-state index in [-0.39, 0.29) is 17.4 Å². The van der Waals surface area contributed by atoms with Gasteiger partial charge in [-0.15, -0.1) is 0 Å². The summed E-state index contributed by atoms with van der Waals surface area (Å²) >= 11 is 0. The van der Waals surface area contributed by atoms with Crippen LogP contribution >= 0.6 is 0 Å². The first kappa shape index (κ1) is 21.9. The lowest BCUT2D eigenvalue weighted by Crippen LogP contribution is -2.58. The van der Waals surface area contributed by atoms with Crippen molar-refractivity contribution in [2.45, 2.75) is 64.8 Å². The first-order valence-electron chi connectivity index (χ1n) is 12.8. The third-order valence-electron chi connectivity index (χ3n) is 8.78. The summed E-state index contributed by atoms with van der Waals surface area (Å²) in [6.45, 7) is 7.73. The molecule has 6 rings (SSSR count). The largest absolute Gasteiger partial charge is 0.348 e. The van der Waals surface area contributed by atoms with E-state index < -0.39 is 0 Å². The lowest BCUT2D eigenvalue weighted by Gasteiger charge is -2.57. The van der Waals surface area contributed by atoms with Crippen molar-refractivity contribution in [3.8, 4) is 0 Å². The van der Waals surface area contributed by atoms with E-state index in [2.05, 4.69) is 46.3 Å². The van der Waals surface area contributed by atoms with E-state index in [0.717, 1.165) is 75.2 Å². The van der Waals surface area contributed by atoms with Gasteiger partial charge in [0, 0.05) is 26.2 Å². The molecule has 32 heavy (non-hydrogen) atoms. The molecule has 4 bridgehead atoms. The molecule has 1 unspecified atom stereocenters. The third-order valence-corrected chi connectivity index (χ3v) is 8.78. The molecule has 4 aliphatic carbocycles. The van der Waals surface area contributed by atoms with Crippen molar-refractivity contribution in [1.82, 2.24) is 15.1 Å². The molecule has 174 valence electrons. The zero-order chi connectivity index (χ0) is 22.3. The highest BCUT2D eigenvalue weighted by atomic mass is 16.2. The summed E-state index contributed by atoms with van der Waals surface area (Å²) in [6, 6.07) is 8.50. The molecule has 4 saturated carbocycles. The maximum absolute atomic E-state index is 13.6. The van der Waals surface area contributed by atoms with Gasteiger partial charge in [-0.25, -0.2) is 0 Å². The number of aryl methyl sites for hydroxylation is 1. The smallest absolute Gasteiger partial charge is 0.234 e. The van der Waals surface area contributed by atoms with Crippen molar-refractivity contribution in [3.63, 3.8) is 0 Å². The van der Waals surface area contributed by atoms with Gasteiger partial charge in [-0.3, -0.25) is 14.5 Å². The molecular weight excluding hydrogens is 398 g/mol. The van der Waals surface area contributed by atoms with E-state index in [9.17, 15) is 9.59 Å². The van der Waals surface area contributed by atoms with Crippen LogP contribution in [0.3, 0.4) is 0 Å². The first-order chi connectivity index (χ1) is 15.4. The highest BCUT2D eigenvalue weighted by molar-refractivity contribution is 5.83. The van der Waals surface area contributed by atoms with E-state index in [4.69, 9.17) is 0 Å². The van der Waals surface area contributed by atoms with Crippen molar-refractivity contribution in [3.05, 3.63) is 35.4 Å². The number of carbonyl (C=O) groups excluding carboxylic acids is 2. The van der Waals surface area contributed by atoms with Gasteiger partial charge in [0.2, 0.25) is 11.8 Å². The Morgan fingerprint density at radius 3 is 2.06 bits per heavy atom. The maximum Gasteiger partial charge on any atom is 0.234 e. The van der Waals surface area contributed by atoms with Crippen molar-refractivity contribution in [2.75, 3.05) is 32.7 Å². The van der Waals surface area contributed by atoms with E-state index >= 15 is 0 Å². The van der Waals surface area contributed by atoms with Gasteiger partial charge >= 0.3 is 0 Å². The van der Waals surface area contributed by atoms with Crippen molar-refractivity contribution < 1.29 is 9.59 Å². The average molecular weight is 438 g/mol. The molecule has 1 aromatic carbocycles. The number of nitrogens with one attached hydrogen (secondary N) is 1. The lowest BCUT2D eigenvalue weighted by atomic mass is 9.49. The van der Waals surface area contributed by atoms with E-state index in [1.165, 1.54) is 24.8 Å². The molecule has 5 fully saturated rings. The minimum absolute atomic E-state index is 0.00681. The number of nitrogens with zero attached hydrogens (tertiary/aromatic N) is 2. The molecule has 2 amide bonds. The summed E-state index contributed by atoms with van der Waals surface area (Å²) in [4.78, 5) is 30.5.